The molecule has 8 nitrogen and oxygen atoms in total. The van der Waals surface area contributed by atoms with E-state index in [1.807, 2.05) is 0 Å². The summed E-state index contributed by atoms with van der Waals surface area (Å²) in [5, 5.41) is 16.2. The van der Waals surface area contributed by atoms with E-state index >= 15 is 0 Å². The summed E-state index contributed by atoms with van der Waals surface area (Å²) in [4.78, 5) is 38.0. The quantitative estimate of drug-likeness (QED) is 0.839. The van der Waals surface area contributed by atoms with Gasteiger partial charge in [0.05, 0.1) is 0 Å². The van der Waals surface area contributed by atoms with Crippen molar-refractivity contribution in [3.63, 3.8) is 0 Å². The number of amides is 2. The number of aromatic nitrogens is 2. The molecule has 8 heteroatoms. The molecule has 2 unspecified atom stereocenters. The minimum absolute atomic E-state index is 0.260. The van der Waals surface area contributed by atoms with Crippen LogP contribution in [-0.2, 0) is 9.59 Å². The van der Waals surface area contributed by atoms with Gasteiger partial charge >= 0.3 is 5.97 Å². The number of hydrogen-bond acceptors (Lipinski definition) is 4. The highest BCUT2D eigenvalue weighted by atomic mass is 16.4. The Hall–Kier alpha value is -3.16. The molecular formula is C19H22N4O4. The molecule has 2 aromatic rings. The van der Waals surface area contributed by atoms with Crippen LogP contribution in [0.15, 0.2) is 42.7 Å². The van der Waals surface area contributed by atoms with Crippen LogP contribution < -0.4 is 5.32 Å². The summed E-state index contributed by atoms with van der Waals surface area (Å²) in [5.74, 6) is -1.58. The van der Waals surface area contributed by atoms with Crippen molar-refractivity contribution in [3.8, 4) is 0 Å². The monoisotopic (exact) mass is 370 g/mol. The van der Waals surface area contributed by atoms with E-state index in [2.05, 4.69) is 10.4 Å². The van der Waals surface area contributed by atoms with E-state index < -0.39 is 18.1 Å². The Labute approximate surface area is 156 Å². The molecule has 0 bridgehead atoms. The Morgan fingerprint density at radius 1 is 1.26 bits per heavy atom. The number of benzene rings is 1. The van der Waals surface area contributed by atoms with Crippen molar-refractivity contribution in [1.29, 1.82) is 0 Å². The fourth-order valence-corrected chi connectivity index (χ4v) is 3.20. The Morgan fingerprint density at radius 2 is 2.07 bits per heavy atom. The smallest absolute Gasteiger partial charge is 0.326 e. The molecule has 27 heavy (non-hydrogen) atoms. The van der Waals surface area contributed by atoms with E-state index in [1.165, 1.54) is 9.58 Å². The summed E-state index contributed by atoms with van der Waals surface area (Å²) in [6.07, 6.45) is 5.33. The lowest BCUT2D eigenvalue weighted by Crippen LogP contribution is -2.48. The highest BCUT2D eigenvalue weighted by Gasteiger charge is 2.32. The Kier molecular flexibility index (Phi) is 5.54. The average molecular weight is 370 g/mol. The molecule has 1 aromatic heterocycles. The number of piperidine rings is 1. The molecule has 2 N–H and O–H groups in total. The van der Waals surface area contributed by atoms with Gasteiger partial charge in [0.2, 0.25) is 5.91 Å². The van der Waals surface area contributed by atoms with E-state index in [-0.39, 0.29) is 11.8 Å². The average Bonchev–Trinajstić information content (AvgIpc) is 3.21. The minimum atomic E-state index is -0.986. The molecule has 0 spiro atoms. The van der Waals surface area contributed by atoms with Crippen molar-refractivity contribution in [2.24, 2.45) is 0 Å². The zero-order valence-electron chi connectivity index (χ0n) is 15.0. The summed E-state index contributed by atoms with van der Waals surface area (Å²) in [5.41, 5.74) is 0.835. The zero-order chi connectivity index (χ0) is 19.4. The summed E-state index contributed by atoms with van der Waals surface area (Å²) in [6, 6.07) is 6.99. The van der Waals surface area contributed by atoms with Crippen molar-refractivity contribution in [1.82, 2.24) is 14.7 Å². The molecule has 1 fully saturated rings. The number of likely N-dealkylation sites (tertiary alicyclic amines) is 1. The van der Waals surface area contributed by atoms with Gasteiger partial charge in [0, 0.05) is 30.2 Å². The maximum Gasteiger partial charge on any atom is 0.326 e. The first-order valence-corrected chi connectivity index (χ1v) is 8.91. The Bertz CT molecular complexity index is 834. The van der Waals surface area contributed by atoms with Crippen molar-refractivity contribution in [3.05, 3.63) is 48.3 Å². The third-order valence-electron chi connectivity index (χ3n) is 4.73. The van der Waals surface area contributed by atoms with E-state index in [0.29, 0.717) is 24.2 Å². The van der Waals surface area contributed by atoms with E-state index in [1.54, 1.807) is 49.6 Å². The van der Waals surface area contributed by atoms with Gasteiger partial charge in [-0.25, -0.2) is 4.79 Å². The number of carbonyl (C=O) groups is 3. The van der Waals surface area contributed by atoms with Crippen LogP contribution >= 0.6 is 0 Å². The molecule has 3 rings (SSSR count). The van der Waals surface area contributed by atoms with Crippen LogP contribution in [-0.4, -0.2) is 50.2 Å². The number of hydrogen-bond donors (Lipinski definition) is 2. The van der Waals surface area contributed by atoms with Crippen molar-refractivity contribution < 1.29 is 19.5 Å². The van der Waals surface area contributed by atoms with Gasteiger partial charge in [-0.15, -0.1) is 0 Å². The maximum atomic E-state index is 12.8. The second-order valence-corrected chi connectivity index (χ2v) is 6.58. The Morgan fingerprint density at radius 3 is 2.78 bits per heavy atom. The minimum Gasteiger partial charge on any atom is -0.480 e. The van der Waals surface area contributed by atoms with Crippen LogP contribution in [0.5, 0.6) is 0 Å². The van der Waals surface area contributed by atoms with Gasteiger partial charge in [-0.05, 0) is 50.5 Å². The van der Waals surface area contributed by atoms with Crippen LogP contribution in [0.25, 0.3) is 0 Å². The fraction of sp³-hybridized carbons (Fsp3) is 0.368. The molecule has 142 valence electrons. The second-order valence-electron chi connectivity index (χ2n) is 6.58. The number of rotatable bonds is 5. The number of carboxylic acid groups (broad SMARTS) is 1. The SMILES string of the molecule is CC(C(=O)Nc1cccc(C(=O)N2CCCCC2C(=O)O)c1)n1cccn1. The van der Waals surface area contributed by atoms with Gasteiger partial charge in [-0.3, -0.25) is 14.3 Å². The number of nitrogens with one attached hydrogen (secondary N) is 1. The standard InChI is InChI=1S/C19H22N4O4/c1-13(23-11-5-9-20-23)17(24)21-15-7-4-6-14(12-15)18(25)22-10-3-2-8-16(22)19(26)27/h4-7,9,11-13,16H,2-3,8,10H2,1H3,(H,21,24)(H,26,27). The third kappa shape index (κ3) is 4.16. The van der Waals surface area contributed by atoms with E-state index in [0.717, 1.165) is 12.8 Å². The number of aliphatic carboxylic acids is 1. The highest BCUT2D eigenvalue weighted by Crippen LogP contribution is 2.21. The van der Waals surface area contributed by atoms with E-state index in [4.69, 9.17) is 0 Å². The number of carboxylic acids is 1. The first kappa shape index (κ1) is 18.6. The summed E-state index contributed by atoms with van der Waals surface area (Å²) >= 11 is 0. The lowest BCUT2D eigenvalue weighted by Gasteiger charge is -2.33. The third-order valence-corrected chi connectivity index (χ3v) is 4.73. The molecule has 0 radical (unpaired) electrons. The molecule has 0 aliphatic carbocycles. The zero-order valence-corrected chi connectivity index (χ0v) is 15.0. The Balaban J connectivity index is 1.74. The molecular weight excluding hydrogens is 348 g/mol. The van der Waals surface area contributed by atoms with Crippen LogP contribution in [0.3, 0.4) is 0 Å². The number of carbonyl (C=O) groups excluding carboxylic acids is 2. The van der Waals surface area contributed by atoms with Crippen molar-refractivity contribution in [2.45, 2.75) is 38.3 Å². The van der Waals surface area contributed by atoms with Crippen molar-refractivity contribution in [2.75, 3.05) is 11.9 Å². The van der Waals surface area contributed by atoms with Gasteiger partial charge in [0.1, 0.15) is 12.1 Å². The van der Waals surface area contributed by atoms with Gasteiger partial charge in [-0.2, -0.15) is 5.10 Å². The van der Waals surface area contributed by atoms with Crippen LogP contribution in [0, 0.1) is 0 Å². The van der Waals surface area contributed by atoms with Crippen LogP contribution in [0.2, 0.25) is 0 Å². The fourth-order valence-electron chi connectivity index (χ4n) is 3.20. The normalized spacial score (nSPS) is 18.0. The maximum absolute atomic E-state index is 12.8. The molecule has 2 heterocycles. The summed E-state index contributed by atoms with van der Waals surface area (Å²) in [6.45, 7) is 2.14. The van der Waals surface area contributed by atoms with Crippen molar-refractivity contribution >= 4 is 23.5 Å². The van der Waals surface area contributed by atoms with Gasteiger partial charge in [0.15, 0.2) is 0 Å². The molecule has 0 saturated carbocycles. The summed E-state index contributed by atoms with van der Waals surface area (Å²) in [7, 11) is 0. The largest absolute Gasteiger partial charge is 0.480 e. The molecule has 1 aliphatic heterocycles. The van der Waals surface area contributed by atoms with Crippen LogP contribution in [0.4, 0.5) is 5.69 Å². The first-order valence-electron chi connectivity index (χ1n) is 8.91. The predicted molar refractivity (Wildman–Crippen MR) is 98.3 cm³/mol. The number of nitrogens with zero attached hydrogens (tertiary/aromatic N) is 3. The highest BCUT2D eigenvalue weighted by molar-refractivity contribution is 5.99. The van der Waals surface area contributed by atoms with Gasteiger partial charge < -0.3 is 15.3 Å². The molecule has 1 aromatic carbocycles. The molecule has 2 atom stereocenters. The first-order chi connectivity index (χ1) is 13.0. The molecule has 2 amide bonds. The predicted octanol–water partition coefficient (Wildman–Crippen LogP) is 2.16. The number of anilines is 1. The molecule has 1 aliphatic rings. The lowest BCUT2D eigenvalue weighted by molar-refractivity contribution is -0.143. The van der Waals surface area contributed by atoms with Gasteiger partial charge in [-0.1, -0.05) is 6.07 Å². The molecule has 1 saturated heterocycles. The van der Waals surface area contributed by atoms with E-state index in [9.17, 15) is 19.5 Å². The van der Waals surface area contributed by atoms with Gasteiger partial charge in [0.25, 0.3) is 5.91 Å². The topological polar surface area (TPSA) is 105 Å². The summed E-state index contributed by atoms with van der Waals surface area (Å²) < 4.78 is 1.54. The van der Waals surface area contributed by atoms with Crippen LogP contribution in [0.1, 0.15) is 42.6 Å². The second kappa shape index (κ2) is 8.03. The lowest BCUT2D eigenvalue weighted by atomic mass is 10.0.